The smallest absolute Gasteiger partial charge is 0.193 e. The van der Waals surface area contributed by atoms with E-state index < -0.39 is 0 Å². The van der Waals surface area contributed by atoms with Gasteiger partial charge in [0, 0.05) is 16.1 Å². The lowest BCUT2D eigenvalue weighted by molar-refractivity contribution is 0.103. The summed E-state index contributed by atoms with van der Waals surface area (Å²) in [6.07, 6.45) is 0. The fourth-order valence-corrected chi connectivity index (χ4v) is 2.24. The van der Waals surface area contributed by atoms with E-state index in [9.17, 15) is 4.79 Å². The summed E-state index contributed by atoms with van der Waals surface area (Å²) in [6, 6.07) is 12.1. The summed E-state index contributed by atoms with van der Waals surface area (Å²) >= 11 is 9.15. The van der Waals surface area contributed by atoms with E-state index in [0.29, 0.717) is 21.9 Å². The van der Waals surface area contributed by atoms with Gasteiger partial charge in [-0.1, -0.05) is 11.6 Å². The van der Waals surface area contributed by atoms with Gasteiger partial charge in [-0.3, -0.25) is 4.79 Å². The van der Waals surface area contributed by atoms with Crippen LogP contribution in [-0.2, 0) is 0 Å². The van der Waals surface area contributed by atoms with Crippen molar-refractivity contribution in [2.75, 3.05) is 7.11 Å². The van der Waals surface area contributed by atoms with Crippen molar-refractivity contribution >= 4 is 33.3 Å². The summed E-state index contributed by atoms with van der Waals surface area (Å²) in [7, 11) is 1.58. The van der Waals surface area contributed by atoms with Gasteiger partial charge in [0.05, 0.1) is 11.6 Å². The van der Waals surface area contributed by atoms with Crippen LogP contribution in [0.1, 0.15) is 15.9 Å². The number of ketones is 1. The average Bonchev–Trinajstić information content (AvgIpc) is 2.38. The van der Waals surface area contributed by atoms with Crippen LogP contribution in [0.25, 0.3) is 0 Å². The maximum Gasteiger partial charge on any atom is 0.193 e. The topological polar surface area (TPSA) is 26.3 Å². The third kappa shape index (κ3) is 2.74. The van der Waals surface area contributed by atoms with Crippen molar-refractivity contribution in [3.05, 3.63) is 63.1 Å². The van der Waals surface area contributed by atoms with Gasteiger partial charge in [-0.05, 0) is 58.4 Å². The Morgan fingerprint density at radius 1 is 1.11 bits per heavy atom. The van der Waals surface area contributed by atoms with Crippen LogP contribution < -0.4 is 4.74 Å². The Balaban J connectivity index is 2.34. The quantitative estimate of drug-likeness (QED) is 0.785. The van der Waals surface area contributed by atoms with Gasteiger partial charge < -0.3 is 4.74 Å². The van der Waals surface area contributed by atoms with Crippen LogP contribution in [-0.4, -0.2) is 12.9 Å². The third-order valence-electron chi connectivity index (χ3n) is 2.52. The van der Waals surface area contributed by atoms with Crippen molar-refractivity contribution in [3.8, 4) is 5.75 Å². The SMILES string of the molecule is COc1ccc(C(=O)c2ccc(Cl)cc2)cc1Br. The molecule has 0 aliphatic carbocycles. The molecule has 0 bridgehead atoms. The normalized spacial score (nSPS) is 10.2. The van der Waals surface area contributed by atoms with E-state index >= 15 is 0 Å². The zero-order chi connectivity index (χ0) is 13.1. The number of hydrogen-bond donors (Lipinski definition) is 0. The summed E-state index contributed by atoms with van der Waals surface area (Å²) in [5.74, 6) is 0.651. The molecule has 0 aliphatic heterocycles. The first kappa shape index (κ1) is 13.1. The Morgan fingerprint density at radius 2 is 1.72 bits per heavy atom. The molecule has 0 N–H and O–H groups in total. The van der Waals surface area contributed by atoms with Gasteiger partial charge in [-0.2, -0.15) is 0 Å². The molecular formula is C14H10BrClO2. The molecule has 0 heterocycles. The van der Waals surface area contributed by atoms with E-state index in [2.05, 4.69) is 15.9 Å². The molecule has 0 saturated heterocycles. The molecule has 4 heteroatoms. The van der Waals surface area contributed by atoms with Crippen molar-refractivity contribution in [2.45, 2.75) is 0 Å². The van der Waals surface area contributed by atoms with Gasteiger partial charge in [-0.15, -0.1) is 0 Å². The zero-order valence-corrected chi connectivity index (χ0v) is 12.0. The molecular weight excluding hydrogens is 316 g/mol. The Labute approximate surface area is 119 Å². The van der Waals surface area contributed by atoms with Crippen LogP contribution in [0.4, 0.5) is 0 Å². The minimum atomic E-state index is -0.0463. The van der Waals surface area contributed by atoms with Crippen molar-refractivity contribution in [1.82, 2.24) is 0 Å². The Bertz CT molecular complexity index is 579. The second-order valence-electron chi connectivity index (χ2n) is 3.69. The number of methoxy groups -OCH3 is 1. The maximum absolute atomic E-state index is 12.2. The fraction of sp³-hybridized carbons (Fsp3) is 0.0714. The van der Waals surface area contributed by atoms with Crippen molar-refractivity contribution < 1.29 is 9.53 Å². The van der Waals surface area contributed by atoms with Gasteiger partial charge in [0.2, 0.25) is 0 Å². The maximum atomic E-state index is 12.2. The number of benzene rings is 2. The van der Waals surface area contributed by atoms with Crippen LogP contribution in [0.5, 0.6) is 5.75 Å². The molecule has 2 rings (SSSR count). The van der Waals surface area contributed by atoms with Crippen LogP contribution in [0.2, 0.25) is 5.02 Å². The lowest BCUT2D eigenvalue weighted by Crippen LogP contribution is -2.01. The summed E-state index contributed by atoms with van der Waals surface area (Å²) in [4.78, 5) is 12.2. The first-order valence-electron chi connectivity index (χ1n) is 5.25. The predicted octanol–water partition coefficient (Wildman–Crippen LogP) is 4.34. The Morgan fingerprint density at radius 3 is 2.28 bits per heavy atom. The highest BCUT2D eigenvalue weighted by Crippen LogP contribution is 2.26. The van der Waals surface area contributed by atoms with Crippen LogP contribution in [0, 0.1) is 0 Å². The standard InChI is InChI=1S/C14H10BrClO2/c1-18-13-7-4-10(8-12(13)15)14(17)9-2-5-11(16)6-3-9/h2-8H,1H3. The predicted molar refractivity (Wildman–Crippen MR) is 75.6 cm³/mol. The molecule has 0 amide bonds. The van der Waals surface area contributed by atoms with E-state index in [1.165, 1.54) is 0 Å². The highest BCUT2D eigenvalue weighted by atomic mass is 79.9. The molecule has 0 unspecified atom stereocenters. The molecule has 2 aromatic rings. The second-order valence-corrected chi connectivity index (χ2v) is 4.98. The van der Waals surface area contributed by atoms with E-state index in [4.69, 9.17) is 16.3 Å². The van der Waals surface area contributed by atoms with E-state index in [-0.39, 0.29) is 5.78 Å². The molecule has 2 nitrogen and oxygen atoms in total. The monoisotopic (exact) mass is 324 g/mol. The second kappa shape index (κ2) is 5.55. The van der Waals surface area contributed by atoms with E-state index in [0.717, 1.165) is 4.47 Å². The van der Waals surface area contributed by atoms with Gasteiger partial charge in [0.15, 0.2) is 5.78 Å². The van der Waals surface area contributed by atoms with Gasteiger partial charge in [-0.25, -0.2) is 0 Å². The van der Waals surface area contributed by atoms with Gasteiger partial charge >= 0.3 is 0 Å². The molecule has 92 valence electrons. The first-order chi connectivity index (χ1) is 8.61. The molecule has 0 atom stereocenters. The van der Waals surface area contributed by atoms with Gasteiger partial charge in [0.1, 0.15) is 5.75 Å². The highest BCUT2D eigenvalue weighted by molar-refractivity contribution is 9.10. The molecule has 0 aromatic heterocycles. The molecule has 0 aliphatic rings. The lowest BCUT2D eigenvalue weighted by Gasteiger charge is -2.06. The summed E-state index contributed by atoms with van der Waals surface area (Å²) in [5.41, 5.74) is 1.21. The first-order valence-corrected chi connectivity index (χ1v) is 6.42. The fourth-order valence-electron chi connectivity index (χ4n) is 1.58. The van der Waals surface area contributed by atoms with Crippen molar-refractivity contribution in [2.24, 2.45) is 0 Å². The van der Waals surface area contributed by atoms with Gasteiger partial charge in [0.25, 0.3) is 0 Å². The number of halogens is 2. The summed E-state index contributed by atoms with van der Waals surface area (Å²) < 4.78 is 5.88. The number of hydrogen-bond acceptors (Lipinski definition) is 2. The number of ether oxygens (including phenoxy) is 1. The molecule has 0 fully saturated rings. The summed E-state index contributed by atoms with van der Waals surface area (Å²) in [5, 5.41) is 0.613. The third-order valence-corrected chi connectivity index (χ3v) is 3.39. The summed E-state index contributed by atoms with van der Waals surface area (Å²) in [6.45, 7) is 0. The van der Waals surface area contributed by atoms with Crippen LogP contribution in [0.3, 0.4) is 0 Å². The molecule has 0 saturated carbocycles. The zero-order valence-electron chi connectivity index (χ0n) is 9.61. The van der Waals surface area contributed by atoms with Crippen molar-refractivity contribution in [1.29, 1.82) is 0 Å². The Kier molecular flexibility index (Phi) is 4.04. The largest absolute Gasteiger partial charge is 0.496 e. The van der Waals surface area contributed by atoms with Crippen LogP contribution in [0.15, 0.2) is 46.9 Å². The number of carbonyl (C=O) groups excluding carboxylic acids is 1. The minimum Gasteiger partial charge on any atom is -0.496 e. The van der Waals surface area contributed by atoms with E-state index in [1.807, 2.05) is 0 Å². The highest BCUT2D eigenvalue weighted by Gasteiger charge is 2.11. The average molecular weight is 326 g/mol. The van der Waals surface area contributed by atoms with E-state index in [1.54, 1.807) is 49.6 Å². The number of carbonyl (C=O) groups is 1. The molecule has 18 heavy (non-hydrogen) atoms. The number of rotatable bonds is 3. The molecule has 0 spiro atoms. The molecule has 0 radical (unpaired) electrons. The molecule has 2 aromatic carbocycles. The minimum absolute atomic E-state index is 0.0463. The Hall–Kier alpha value is -1.32. The van der Waals surface area contributed by atoms with Crippen LogP contribution >= 0.6 is 27.5 Å². The van der Waals surface area contributed by atoms with Crippen molar-refractivity contribution in [3.63, 3.8) is 0 Å². The lowest BCUT2D eigenvalue weighted by atomic mass is 10.0.